The molecule has 4 nitrogen and oxygen atoms in total. The van der Waals surface area contributed by atoms with Crippen molar-refractivity contribution in [3.8, 4) is 5.75 Å². The molecule has 2 rings (SSSR count). The molecule has 0 aromatic heterocycles. The third kappa shape index (κ3) is 1.68. The molecule has 0 saturated heterocycles. The highest BCUT2D eigenvalue weighted by molar-refractivity contribution is 6.00. The molecule has 0 aliphatic carbocycles. The smallest absolute Gasteiger partial charge is 0.268 e. The van der Waals surface area contributed by atoms with Crippen LogP contribution in [0.3, 0.4) is 0 Å². The predicted octanol–water partition coefficient (Wildman–Crippen LogP) is 1.25. The molecule has 1 heterocycles. The normalized spacial score (nSPS) is 17.7. The topological polar surface area (TPSA) is 64.3 Å². The number of fused-ring (bicyclic) bond motifs is 1. The van der Waals surface area contributed by atoms with Gasteiger partial charge in [-0.05, 0) is 31.5 Å². The Labute approximate surface area is 88.4 Å². The molecule has 1 aromatic rings. The van der Waals surface area contributed by atoms with Crippen molar-refractivity contribution in [1.29, 1.82) is 0 Å². The molecule has 1 aliphatic heterocycles. The van der Waals surface area contributed by atoms with E-state index in [4.69, 9.17) is 10.5 Å². The highest BCUT2D eigenvalue weighted by atomic mass is 16.5. The number of nitrogens with two attached hydrogens (primary N) is 1. The molecule has 0 spiro atoms. The van der Waals surface area contributed by atoms with Crippen LogP contribution in [-0.4, -0.2) is 11.5 Å². The van der Waals surface area contributed by atoms with Crippen molar-refractivity contribution < 1.29 is 9.53 Å². The van der Waals surface area contributed by atoms with E-state index < -0.39 is 5.60 Å². The zero-order valence-corrected chi connectivity index (χ0v) is 8.83. The van der Waals surface area contributed by atoms with Crippen LogP contribution in [0.5, 0.6) is 5.75 Å². The molecule has 0 radical (unpaired) electrons. The molecule has 0 atom stereocenters. The average molecular weight is 206 g/mol. The van der Waals surface area contributed by atoms with Gasteiger partial charge in [-0.15, -0.1) is 0 Å². The average Bonchev–Trinajstić information content (AvgIpc) is 2.19. The van der Waals surface area contributed by atoms with Gasteiger partial charge in [0, 0.05) is 6.54 Å². The second-order valence-corrected chi connectivity index (χ2v) is 4.10. The van der Waals surface area contributed by atoms with Crippen LogP contribution in [0.4, 0.5) is 5.69 Å². The van der Waals surface area contributed by atoms with E-state index in [1.165, 1.54) is 0 Å². The molecular weight excluding hydrogens is 192 g/mol. The molecule has 0 unspecified atom stereocenters. The van der Waals surface area contributed by atoms with E-state index in [1.807, 2.05) is 18.2 Å². The van der Waals surface area contributed by atoms with Gasteiger partial charge in [0.15, 0.2) is 5.60 Å². The van der Waals surface area contributed by atoms with Gasteiger partial charge in [-0.1, -0.05) is 6.07 Å². The van der Waals surface area contributed by atoms with Gasteiger partial charge in [-0.2, -0.15) is 0 Å². The van der Waals surface area contributed by atoms with Crippen LogP contribution < -0.4 is 15.8 Å². The van der Waals surface area contributed by atoms with Gasteiger partial charge in [0.05, 0.1) is 5.69 Å². The summed E-state index contributed by atoms with van der Waals surface area (Å²) in [6.07, 6.45) is 0. The summed E-state index contributed by atoms with van der Waals surface area (Å²) in [5.41, 5.74) is 6.38. The van der Waals surface area contributed by atoms with Crippen LogP contribution in [0, 0.1) is 0 Å². The molecule has 0 saturated carbocycles. The van der Waals surface area contributed by atoms with Crippen LogP contribution in [0.25, 0.3) is 0 Å². The van der Waals surface area contributed by atoms with Gasteiger partial charge in [0.25, 0.3) is 5.91 Å². The van der Waals surface area contributed by atoms with Gasteiger partial charge >= 0.3 is 0 Å². The van der Waals surface area contributed by atoms with Crippen molar-refractivity contribution in [2.45, 2.75) is 26.0 Å². The molecule has 15 heavy (non-hydrogen) atoms. The number of nitrogens with one attached hydrogen (secondary N) is 1. The first-order valence-corrected chi connectivity index (χ1v) is 4.86. The summed E-state index contributed by atoms with van der Waals surface area (Å²) in [7, 11) is 0. The Bertz CT molecular complexity index is 413. The molecule has 1 aliphatic rings. The van der Waals surface area contributed by atoms with Crippen LogP contribution in [0.2, 0.25) is 0 Å². The first kappa shape index (κ1) is 9.98. The molecular formula is C11H14N2O2. The number of benzene rings is 1. The SMILES string of the molecule is CC1(C)Oc2ccc(CN)cc2NC1=O. The summed E-state index contributed by atoms with van der Waals surface area (Å²) in [4.78, 5) is 11.6. The summed E-state index contributed by atoms with van der Waals surface area (Å²) in [6, 6.07) is 5.56. The number of anilines is 1. The minimum absolute atomic E-state index is 0.135. The summed E-state index contributed by atoms with van der Waals surface area (Å²) < 4.78 is 5.58. The van der Waals surface area contributed by atoms with Gasteiger partial charge in [-0.3, -0.25) is 4.79 Å². The zero-order valence-electron chi connectivity index (χ0n) is 8.83. The second kappa shape index (κ2) is 3.24. The van der Waals surface area contributed by atoms with E-state index in [0.29, 0.717) is 18.0 Å². The quantitative estimate of drug-likeness (QED) is 0.727. The molecule has 1 amide bonds. The van der Waals surface area contributed by atoms with Gasteiger partial charge in [0.1, 0.15) is 5.75 Å². The van der Waals surface area contributed by atoms with Crippen molar-refractivity contribution in [2.24, 2.45) is 5.73 Å². The van der Waals surface area contributed by atoms with E-state index in [0.717, 1.165) is 5.56 Å². The highest BCUT2D eigenvalue weighted by Gasteiger charge is 2.35. The number of carbonyl (C=O) groups excluding carboxylic acids is 1. The van der Waals surface area contributed by atoms with Gasteiger partial charge in [-0.25, -0.2) is 0 Å². The minimum atomic E-state index is -0.808. The molecule has 3 N–H and O–H groups in total. The Morgan fingerprint density at radius 2 is 2.20 bits per heavy atom. The fourth-order valence-corrected chi connectivity index (χ4v) is 1.48. The van der Waals surface area contributed by atoms with E-state index in [2.05, 4.69) is 5.32 Å². The summed E-state index contributed by atoms with van der Waals surface area (Å²) in [5.74, 6) is 0.556. The Morgan fingerprint density at radius 1 is 1.47 bits per heavy atom. The van der Waals surface area contributed by atoms with Crippen molar-refractivity contribution >= 4 is 11.6 Å². The first-order valence-electron chi connectivity index (χ1n) is 4.86. The van der Waals surface area contributed by atoms with E-state index >= 15 is 0 Å². The second-order valence-electron chi connectivity index (χ2n) is 4.10. The number of carbonyl (C=O) groups is 1. The predicted molar refractivity (Wildman–Crippen MR) is 57.7 cm³/mol. The maximum Gasteiger partial charge on any atom is 0.268 e. The van der Waals surface area contributed by atoms with Crippen molar-refractivity contribution in [1.82, 2.24) is 0 Å². The van der Waals surface area contributed by atoms with Crippen molar-refractivity contribution in [3.05, 3.63) is 23.8 Å². The number of amides is 1. The standard InChI is InChI=1S/C11H14N2O2/c1-11(2)10(14)13-8-5-7(6-12)3-4-9(8)15-11/h3-5H,6,12H2,1-2H3,(H,13,14). The summed E-state index contributed by atoms with van der Waals surface area (Å²) >= 11 is 0. The van der Waals surface area contributed by atoms with Gasteiger partial charge < -0.3 is 15.8 Å². The number of rotatable bonds is 1. The third-order valence-corrected chi connectivity index (χ3v) is 2.44. The Morgan fingerprint density at radius 3 is 2.87 bits per heavy atom. The van der Waals surface area contributed by atoms with Crippen LogP contribution in [-0.2, 0) is 11.3 Å². The minimum Gasteiger partial charge on any atom is -0.476 e. The monoisotopic (exact) mass is 206 g/mol. The van der Waals surface area contributed by atoms with Crippen LogP contribution >= 0.6 is 0 Å². The van der Waals surface area contributed by atoms with Gasteiger partial charge in [0.2, 0.25) is 0 Å². The molecule has 0 bridgehead atoms. The Balaban J connectivity index is 2.41. The molecule has 1 aromatic carbocycles. The third-order valence-electron chi connectivity index (χ3n) is 2.44. The summed E-state index contributed by atoms with van der Waals surface area (Å²) in [5, 5.41) is 2.81. The molecule has 0 fully saturated rings. The van der Waals surface area contributed by atoms with E-state index in [-0.39, 0.29) is 5.91 Å². The van der Waals surface area contributed by atoms with E-state index in [9.17, 15) is 4.79 Å². The molecule has 4 heteroatoms. The zero-order chi connectivity index (χ0) is 11.1. The lowest BCUT2D eigenvalue weighted by Gasteiger charge is -2.31. The summed E-state index contributed by atoms with van der Waals surface area (Å²) in [6.45, 7) is 3.93. The van der Waals surface area contributed by atoms with E-state index in [1.54, 1.807) is 13.8 Å². The maximum absolute atomic E-state index is 11.6. The fourth-order valence-electron chi connectivity index (χ4n) is 1.48. The highest BCUT2D eigenvalue weighted by Crippen LogP contribution is 2.33. The van der Waals surface area contributed by atoms with Crippen LogP contribution in [0.1, 0.15) is 19.4 Å². The first-order chi connectivity index (χ1) is 7.03. The lowest BCUT2D eigenvalue weighted by Crippen LogP contribution is -2.45. The van der Waals surface area contributed by atoms with Crippen molar-refractivity contribution in [2.75, 3.05) is 5.32 Å². The van der Waals surface area contributed by atoms with Crippen LogP contribution in [0.15, 0.2) is 18.2 Å². The lowest BCUT2D eigenvalue weighted by atomic mass is 10.1. The lowest BCUT2D eigenvalue weighted by molar-refractivity contribution is -0.129. The fraction of sp³-hybridized carbons (Fsp3) is 0.364. The van der Waals surface area contributed by atoms with Crippen molar-refractivity contribution in [3.63, 3.8) is 0 Å². The molecule has 80 valence electrons. The number of ether oxygens (including phenoxy) is 1. The Hall–Kier alpha value is -1.55. The Kier molecular flexibility index (Phi) is 2.16. The number of hydrogen-bond acceptors (Lipinski definition) is 3. The largest absolute Gasteiger partial charge is 0.476 e. The number of hydrogen-bond donors (Lipinski definition) is 2. The maximum atomic E-state index is 11.6.